The van der Waals surface area contributed by atoms with Crippen LogP contribution in [-0.2, 0) is 4.79 Å². The lowest BCUT2D eigenvalue weighted by Crippen LogP contribution is -2.22. The highest BCUT2D eigenvalue weighted by Crippen LogP contribution is 2.30. The third kappa shape index (κ3) is 4.63. The molecule has 0 unspecified atom stereocenters. The number of hydrogen-bond donors (Lipinski definition) is 1. The van der Waals surface area contributed by atoms with Gasteiger partial charge in [-0.05, 0) is 25.0 Å². The van der Waals surface area contributed by atoms with Crippen molar-refractivity contribution in [3.05, 3.63) is 22.7 Å². The molecule has 0 atom stereocenters. The minimum atomic E-state index is 0.140. The van der Waals surface area contributed by atoms with Gasteiger partial charge in [0.1, 0.15) is 5.75 Å². The van der Waals surface area contributed by atoms with Crippen molar-refractivity contribution in [1.29, 1.82) is 0 Å². The molecule has 0 saturated heterocycles. The van der Waals surface area contributed by atoms with Crippen molar-refractivity contribution in [3.8, 4) is 5.75 Å². The van der Waals surface area contributed by atoms with E-state index in [1.54, 1.807) is 32.2 Å². The number of halogens is 1. The molecule has 1 amide bonds. The number of hydrogen-bond acceptors (Lipinski definition) is 3. The van der Waals surface area contributed by atoms with E-state index in [0.29, 0.717) is 11.4 Å². The van der Waals surface area contributed by atoms with Crippen LogP contribution < -0.4 is 10.1 Å². The van der Waals surface area contributed by atoms with Crippen molar-refractivity contribution in [2.45, 2.75) is 19.8 Å². The zero-order valence-electron chi connectivity index (χ0n) is 11.9. The van der Waals surface area contributed by atoms with E-state index in [-0.39, 0.29) is 5.91 Å². The van der Waals surface area contributed by atoms with Crippen LogP contribution in [-0.4, -0.2) is 38.6 Å². The molecule has 1 N–H and O–H groups in total. The lowest BCUT2D eigenvalue weighted by atomic mass is 10.2. The Kier molecular flexibility index (Phi) is 5.96. The van der Waals surface area contributed by atoms with Gasteiger partial charge in [0, 0.05) is 38.1 Å². The molecule has 0 radical (unpaired) electrons. The van der Waals surface area contributed by atoms with Crippen LogP contribution >= 0.6 is 11.6 Å². The number of methoxy groups -OCH3 is 1. The first-order chi connectivity index (χ1) is 8.95. The Morgan fingerprint density at radius 2 is 2.11 bits per heavy atom. The van der Waals surface area contributed by atoms with E-state index in [9.17, 15) is 4.79 Å². The van der Waals surface area contributed by atoms with Crippen molar-refractivity contribution in [2.24, 2.45) is 0 Å². The number of ether oxygens (including phenoxy) is 1. The van der Waals surface area contributed by atoms with Gasteiger partial charge in [0.25, 0.3) is 0 Å². The van der Waals surface area contributed by atoms with Crippen molar-refractivity contribution in [3.63, 3.8) is 0 Å². The zero-order chi connectivity index (χ0) is 14.4. The van der Waals surface area contributed by atoms with E-state index < -0.39 is 0 Å². The number of nitrogens with zero attached hydrogens (tertiary/aromatic N) is 1. The number of amides is 1. The van der Waals surface area contributed by atoms with Gasteiger partial charge in [-0.15, -0.1) is 0 Å². The third-order valence-electron chi connectivity index (χ3n) is 2.86. The maximum atomic E-state index is 11.4. The number of benzene rings is 1. The molecule has 0 bridgehead atoms. The maximum Gasteiger partial charge on any atom is 0.222 e. The van der Waals surface area contributed by atoms with Gasteiger partial charge in [-0.1, -0.05) is 11.6 Å². The lowest BCUT2D eigenvalue weighted by Gasteiger charge is -2.14. The Hall–Kier alpha value is -1.42. The molecule has 0 aliphatic rings. The smallest absolute Gasteiger partial charge is 0.222 e. The van der Waals surface area contributed by atoms with Gasteiger partial charge in [0.2, 0.25) is 5.91 Å². The van der Waals surface area contributed by atoms with Crippen LogP contribution in [0, 0.1) is 6.92 Å². The summed E-state index contributed by atoms with van der Waals surface area (Å²) in [5.74, 6) is 0.857. The van der Waals surface area contributed by atoms with Gasteiger partial charge in [-0.25, -0.2) is 0 Å². The van der Waals surface area contributed by atoms with Crippen LogP contribution in [0.3, 0.4) is 0 Å². The van der Waals surface area contributed by atoms with Gasteiger partial charge < -0.3 is 15.0 Å². The minimum Gasteiger partial charge on any atom is -0.495 e. The molecule has 4 nitrogen and oxygen atoms in total. The summed E-state index contributed by atoms with van der Waals surface area (Å²) in [6.07, 6.45) is 1.32. The van der Waals surface area contributed by atoms with Crippen molar-refractivity contribution < 1.29 is 9.53 Å². The van der Waals surface area contributed by atoms with E-state index in [1.165, 1.54) is 0 Å². The second-order valence-electron chi connectivity index (χ2n) is 4.62. The number of carbonyl (C=O) groups is 1. The predicted octanol–water partition coefficient (Wildman–Crippen LogP) is 2.94. The standard InChI is InChI=1S/C14H21ClN2O2/c1-10-8-12(13(19-4)9-11(10)15)16-7-5-6-14(18)17(2)3/h8-9,16H,5-7H2,1-4H3. The van der Waals surface area contributed by atoms with Gasteiger partial charge >= 0.3 is 0 Å². The van der Waals surface area contributed by atoms with Gasteiger partial charge in [0.15, 0.2) is 0 Å². The van der Waals surface area contributed by atoms with Crippen molar-refractivity contribution in [1.82, 2.24) is 4.90 Å². The molecule has 0 heterocycles. The molecular weight excluding hydrogens is 264 g/mol. The Bertz CT molecular complexity index is 447. The Morgan fingerprint density at radius 3 is 2.68 bits per heavy atom. The molecule has 19 heavy (non-hydrogen) atoms. The number of anilines is 1. The van der Waals surface area contributed by atoms with E-state index in [1.807, 2.05) is 13.0 Å². The molecule has 0 fully saturated rings. The maximum absolute atomic E-state index is 11.4. The summed E-state index contributed by atoms with van der Waals surface area (Å²) in [7, 11) is 5.14. The average molecular weight is 285 g/mol. The molecule has 1 aromatic rings. The number of rotatable bonds is 6. The average Bonchev–Trinajstić information content (AvgIpc) is 2.37. The lowest BCUT2D eigenvalue weighted by molar-refractivity contribution is -0.128. The Balaban J connectivity index is 2.53. The number of carbonyl (C=O) groups excluding carboxylic acids is 1. The first kappa shape index (κ1) is 15.6. The highest BCUT2D eigenvalue weighted by Gasteiger charge is 2.07. The quantitative estimate of drug-likeness (QED) is 0.817. The fourth-order valence-corrected chi connectivity index (χ4v) is 1.81. The largest absolute Gasteiger partial charge is 0.495 e. The molecule has 0 spiro atoms. The van der Waals surface area contributed by atoms with Crippen LogP contribution in [0.15, 0.2) is 12.1 Å². The minimum absolute atomic E-state index is 0.140. The summed E-state index contributed by atoms with van der Waals surface area (Å²) in [6.45, 7) is 2.67. The van der Waals surface area contributed by atoms with Gasteiger partial charge in [-0.2, -0.15) is 0 Å². The second-order valence-corrected chi connectivity index (χ2v) is 5.03. The normalized spacial score (nSPS) is 10.2. The summed E-state index contributed by atoms with van der Waals surface area (Å²) < 4.78 is 5.28. The first-order valence-corrected chi connectivity index (χ1v) is 6.61. The Morgan fingerprint density at radius 1 is 1.42 bits per heavy atom. The van der Waals surface area contributed by atoms with Gasteiger partial charge in [-0.3, -0.25) is 4.79 Å². The highest BCUT2D eigenvalue weighted by atomic mass is 35.5. The predicted molar refractivity (Wildman–Crippen MR) is 79.2 cm³/mol. The van der Waals surface area contributed by atoms with Crippen LogP contribution in [0.4, 0.5) is 5.69 Å². The highest BCUT2D eigenvalue weighted by molar-refractivity contribution is 6.31. The van der Waals surface area contributed by atoms with Crippen LogP contribution in [0.2, 0.25) is 5.02 Å². The molecular formula is C14H21ClN2O2. The molecule has 0 aliphatic carbocycles. The monoisotopic (exact) mass is 284 g/mol. The van der Waals surface area contributed by atoms with Crippen LogP contribution in [0.5, 0.6) is 5.75 Å². The molecule has 0 aromatic heterocycles. The third-order valence-corrected chi connectivity index (χ3v) is 3.27. The topological polar surface area (TPSA) is 41.6 Å². The summed E-state index contributed by atoms with van der Waals surface area (Å²) in [4.78, 5) is 13.0. The Labute approximate surface area is 119 Å². The van der Waals surface area contributed by atoms with Crippen molar-refractivity contribution >= 4 is 23.2 Å². The molecule has 1 aromatic carbocycles. The molecule has 5 heteroatoms. The van der Waals surface area contributed by atoms with E-state index >= 15 is 0 Å². The fourth-order valence-electron chi connectivity index (χ4n) is 1.66. The SMILES string of the molecule is COc1cc(Cl)c(C)cc1NCCCC(=O)N(C)C. The zero-order valence-corrected chi connectivity index (χ0v) is 12.7. The fraction of sp³-hybridized carbons (Fsp3) is 0.500. The summed E-state index contributed by atoms with van der Waals surface area (Å²) in [5.41, 5.74) is 1.90. The molecule has 0 aliphatic heterocycles. The van der Waals surface area contributed by atoms with E-state index in [0.717, 1.165) is 30.0 Å². The molecule has 106 valence electrons. The summed E-state index contributed by atoms with van der Waals surface area (Å²) in [5, 5.41) is 3.96. The number of nitrogens with one attached hydrogen (secondary N) is 1. The first-order valence-electron chi connectivity index (χ1n) is 6.24. The summed E-state index contributed by atoms with van der Waals surface area (Å²) >= 11 is 6.04. The summed E-state index contributed by atoms with van der Waals surface area (Å²) in [6, 6.07) is 3.75. The number of aryl methyl sites for hydroxylation is 1. The van der Waals surface area contributed by atoms with Crippen LogP contribution in [0.1, 0.15) is 18.4 Å². The van der Waals surface area contributed by atoms with Gasteiger partial charge in [0.05, 0.1) is 12.8 Å². The van der Waals surface area contributed by atoms with Crippen LogP contribution in [0.25, 0.3) is 0 Å². The van der Waals surface area contributed by atoms with E-state index in [2.05, 4.69) is 5.32 Å². The molecule has 0 saturated carbocycles. The second kappa shape index (κ2) is 7.24. The van der Waals surface area contributed by atoms with Crippen molar-refractivity contribution in [2.75, 3.05) is 33.1 Å². The molecule has 1 rings (SSSR count). The van der Waals surface area contributed by atoms with E-state index in [4.69, 9.17) is 16.3 Å².